The van der Waals surface area contributed by atoms with Crippen LogP contribution >= 0.6 is 23.2 Å². The van der Waals surface area contributed by atoms with Gasteiger partial charge in [0.05, 0.1) is 22.0 Å². The molecule has 0 bridgehead atoms. The fourth-order valence-electron chi connectivity index (χ4n) is 1.74. The van der Waals surface area contributed by atoms with Crippen LogP contribution in [0.15, 0.2) is 42.5 Å². The van der Waals surface area contributed by atoms with Crippen molar-refractivity contribution in [1.82, 2.24) is 0 Å². The number of halogens is 2. The molecule has 0 spiro atoms. The summed E-state index contributed by atoms with van der Waals surface area (Å²) in [5.74, 6) is 0.636. The van der Waals surface area contributed by atoms with Crippen LogP contribution < -0.4 is 9.04 Å². The predicted molar refractivity (Wildman–Crippen MR) is 90.5 cm³/mol. The van der Waals surface area contributed by atoms with Gasteiger partial charge in [0.1, 0.15) is 12.4 Å². The maximum atomic E-state index is 11.5. The summed E-state index contributed by atoms with van der Waals surface area (Å²) in [7, 11) is -1.77. The van der Waals surface area contributed by atoms with Crippen molar-refractivity contribution in [2.45, 2.75) is 6.61 Å². The van der Waals surface area contributed by atoms with Gasteiger partial charge < -0.3 is 4.74 Å². The lowest BCUT2D eigenvalue weighted by Crippen LogP contribution is -2.24. The van der Waals surface area contributed by atoms with Gasteiger partial charge in [0.2, 0.25) is 10.0 Å². The third kappa shape index (κ3) is 4.29. The smallest absolute Gasteiger partial charge is 0.231 e. The Kier molecular flexibility index (Phi) is 5.21. The van der Waals surface area contributed by atoms with Crippen molar-refractivity contribution in [3.05, 3.63) is 58.1 Å². The van der Waals surface area contributed by atoms with Gasteiger partial charge in [-0.25, -0.2) is 8.42 Å². The van der Waals surface area contributed by atoms with Crippen LogP contribution in [0.25, 0.3) is 0 Å². The van der Waals surface area contributed by atoms with Crippen LogP contribution in [0.4, 0.5) is 5.69 Å². The van der Waals surface area contributed by atoms with Gasteiger partial charge in [-0.3, -0.25) is 4.31 Å². The van der Waals surface area contributed by atoms with Gasteiger partial charge in [0.25, 0.3) is 0 Å². The van der Waals surface area contributed by atoms with Gasteiger partial charge in [0, 0.05) is 7.05 Å². The number of nitrogens with zero attached hydrogens (tertiary/aromatic N) is 1. The zero-order valence-electron chi connectivity index (χ0n) is 12.1. The minimum atomic E-state index is -3.27. The summed E-state index contributed by atoms with van der Waals surface area (Å²) in [4.78, 5) is 0. The monoisotopic (exact) mass is 359 g/mol. The molecule has 0 aliphatic carbocycles. The molecule has 0 heterocycles. The number of benzene rings is 2. The van der Waals surface area contributed by atoms with Crippen LogP contribution in [-0.2, 0) is 16.6 Å². The van der Waals surface area contributed by atoms with Crippen molar-refractivity contribution in [2.24, 2.45) is 0 Å². The molecule has 2 rings (SSSR count). The van der Waals surface area contributed by atoms with Gasteiger partial charge >= 0.3 is 0 Å². The normalized spacial score (nSPS) is 11.3. The van der Waals surface area contributed by atoms with Crippen molar-refractivity contribution in [1.29, 1.82) is 0 Å². The maximum Gasteiger partial charge on any atom is 0.231 e. The lowest BCUT2D eigenvalue weighted by atomic mass is 10.2. The molecule has 0 amide bonds. The third-order valence-electron chi connectivity index (χ3n) is 3.09. The van der Waals surface area contributed by atoms with E-state index in [-0.39, 0.29) is 0 Å². The molecule has 0 atom stereocenters. The summed E-state index contributed by atoms with van der Waals surface area (Å²) in [6, 6.07) is 12.1. The molecule has 0 radical (unpaired) electrons. The number of ether oxygens (including phenoxy) is 1. The summed E-state index contributed by atoms with van der Waals surface area (Å²) in [5, 5.41) is 0.978. The van der Waals surface area contributed by atoms with E-state index >= 15 is 0 Å². The maximum absolute atomic E-state index is 11.5. The second-order valence-electron chi connectivity index (χ2n) is 4.76. The van der Waals surface area contributed by atoms with E-state index < -0.39 is 10.0 Å². The van der Waals surface area contributed by atoms with Crippen LogP contribution in [0.1, 0.15) is 5.56 Å². The topological polar surface area (TPSA) is 46.6 Å². The highest BCUT2D eigenvalue weighted by Gasteiger charge is 2.11. The summed E-state index contributed by atoms with van der Waals surface area (Å²) >= 11 is 11.8. The molecule has 7 heteroatoms. The first kappa shape index (κ1) is 16.9. The number of rotatable bonds is 5. The Labute approximate surface area is 140 Å². The van der Waals surface area contributed by atoms with Gasteiger partial charge in [-0.05, 0) is 42.0 Å². The largest absolute Gasteiger partial charge is 0.489 e. The number of hydrogen-bond acceptors (Lipinski definition) is 3. The number of sulfonamides is 1. The van der Waals surface area contributed by atoms with Crippen LogP contribution in [0.5, 0.6) is 5.75 Å². The first-order valence-corrected chi connectivity index (χ1v) is 8.98. The number of anilines is 1. The summed E-state index contributed by atoms with van der Waals surface area (Å²) in [5.41, 5.74) is 1.47. The fourth-order valence-corrected chi connectivity index (χ4v) is 2.57. The minimum absolute atomic E-state index is 0.345. The molecular weight excluding hydrogens is 345 g/mol. The van der Waals surface area contributed by atoms with Crippen LogP contribution in [0, 0.1) is 0 Å². The highest BCUT2D eigenvalue weighted by atomic mass is 35.5. The lowest BCUT2D eigenvalue weighted by molar-refractivity contribution is 0.306. The molecule has 2 aromatic rings. The van der Waals surface area contributed by atoms with E-state index in [0.29, 0.717) is 28.1 Å². The van der Waals surface area contributed by atoms with Gasteiger partial charge in [-0.1, -0.05) is 29.3 Å². The first-order chi connectivity index (χ1) is 10.3. The molecule has 0 saturated carbocycles. The highest BCUT2D eigenvalue weighted by Crippen LogP contribution is 2.24. The Balaban J connectivity index is 2.04. The Morgan fingerprint density at radius 1 is 1.05 bits per heavy atom. The van der Waals surface area contributed by atoms with Crippen LogP contribution in [-0.4, -0.2) is 21.7 Å². The molecule has 0 unspecified atom stereocenters. The molecule has 0 saturated heterocycles. The zero-order chi connectivity index (χ0) is 16.3. The van der Waals surface area contributed by atoms with Gasteiger partial charge in [-0.2, -0.15) is 0 Å². The second-order valence-corrected chi connectivity index (χ2v) is 7.59. The summed E-state index contributed by atoms with van der Waals surface area (Å²) < 4.78 is 29.8. The minimum Gasteiger partial charge on any atom is -0.489 e. The Morgan fingerprint density at radius 3 is 2.23 bits per heavy atom. The van der Waals surface area contributed by atoms with Crippen LogP contribution in [0.3, 0.4) is 0 Å². The zero-order valence-corrected chi connectivity index (χ0v) is 14.4. The van der Waals surface area contributed by atoms with Gasteiger partial charge in [-0.15, -0.1) is 0 Å². The molecule has 0 aromatic heterocycles. The standard InChI is InChI=1S/C15H15Cl2NO3S/c1-18(22(2,19)20)12-4-6-13(7-5-12)21-10-11-3-8-14(16)15(17)9-11/h3-9H,10H2,1-2H3. The van der Waals surface area contributed by atoms with E-state index in [4.69, 9.17) is 27.9 Å². The predicted octanol–water partition coefficient (Wildman–Crippen LogP) is 3.97. The average molecular weight is 360 g/mol. The van der Waals surface area contributed by atoms with Crippen molar-refractivity contribution >= 4 is 38.9 Å². The lowest BCUT2D eigenvalue weighted by Gasteiger charge is -2.16. The Morgan fingerprint density at radius 2 is 1.68 bits per heavy atom. The third-order valence-corrected chi connectivity index (χ3v) is 5.03. The first-order valence-electron chi connectivity index (χ1n) is 6.38. The van der Waals surface area contributed by atoms with Crippen molar-refractivity contribution in [3.63, 3.8) is 0 Å². The van der Waals surface area contributed by atoms with E-state index in [1.807, 2.05) is 6.07 Å². The molecule has 0 fully saturated rings. The molecule has 2 aromatic carbocycles. The van der Waals surface area contributed by atoms with Crippen LogP contribution in [0.2, 0.25) is 10.0 Å². The van der Waals surface area contributed by atoms with E-state index in [0.717, 1.165) is 11.8 Å². The van der Waals surface area contributed by atoms with Crippen molar-refractivity contribution in [2.75, 3.05) is 17.6 Å². The molecule has 0 N–H and O–H groups in total. The second kappa shape index (κ2) is 6.77. The van der Waals surface area contributed by atoms with E-state index in [1.54, 1.807) is 36.4 Å². The highest BCUT2D eigenvalue weighted by molar-refractivity contribution is 7.92. The van der Waals surface area contributed by atoms with E-state index in [2.05, 4.69) is 0 Å². The van der Waals surface area contributed by atoms with Crippen molar-refractivity contribution < 1.29 is 13.2 Å². The Hall–Kier alpha value is -1.43. The fraction of sp³-hybridized carbons (Fsp3) is 0.200. The average Bonchev–Trinajstić information content (AvgIpc) is 2.47. The molecule has 4 nitrogen and oxygen atoms in total. The van der Waals surface area contributed by atoms with E-state index in [1.165, 1.54) is 11.4 Å². The summed E-state index contributed by atoms with van der Waals surface area (Å²) in [6.07, 6.45) is 1.15. The molecule has 0 aliphatic heterocycles. The SMILES string of the molecule is CN(c1ccc(OCc2ccc(Cl)c(Cl)c2)cc1)S(C)(=O)=O. The Bertz CT molecular complexity index is 761. The quantitative estimate of drug-likeness (QED) is 0.811. The molecule has 22 heavy (non-hydrogen) atoms. The van der Waals surface area contributed by atoms with Gasteiger partial charge in [0.15, 0.2) is 0 Å². The molecular formula is C15H15Cl2NO3S. The number of hydrogen-bond donors (Lipinski definition) is 0. The van der Waals surface area contributed by atoms with Crippen molar-refractivity contribution in [3.8, 4) is 5.75 Å². The molecule has 118 valence electrons. The molecule has 0 aliphatic rings. The summed E-state index contributed by atoms with van der Waals surface area (Å²) in [6.45, 7) is 0.345. The van der Waals surface area contributed by atoms with E-state index in [9.17, 15) is 8.42 Å².